The quantitative estimate of drug-likeness (QED) is 0.412. The van der Waals surface area contributed by atoms with E-state index in [4.69, 9.17) is 0 Å². The van der Waals surface area contributed by atoms with Crippen molar-refractivity contribution in [3.05, 3.63) is 0 Å². The van der Waals surface area contributed by atoms with Crippen LogP contribution in [0.1, 0.15) is 0 Å². The molecule has 0 heterocycles. The van der Waals surface area contributed by atoms with Gasteiger partial charge < -0.3 is 25.6 Å². The third kappa shape index (κ3) is 3.76. The first-order valence-corrected chi connectivity index (χ1v) is 2.81. The fraction of sp³-hybridized carbons (Fsp3) is 0. The second-order valence-corrected chi connectivity index (χ2v) is 2.27. The number of carbonyl (C=O) groups excluding carboxylic acids is 1. The van der Waals surface area contributed by atoms with E-state index in [9.17, 15) is 19.1 Å². The third-order valence-corrected chi connectivity index (χ3v) is 0.810. The summed E-state index contributed by atoms with van der Waals surface area (Å²) in [6.45, 7) is 0. The van der Waals surface area contributed by atoms with E-state index in [1.54, 1.807) is 0 Å². The van der Waals surface area contributed by atoms with Crippen molar-refractivity contribution in [1.29, 1.82) is 0 Å². The molecule has 7 heteroatoms. The first kappa shape index (κ1) is 10.5. The number of rotatable bonds is 1. The molecule has 0 bridgehead atoms. The first-order chi connectivity index (χ1) is 2.94. The minimum absolute atomic E-state index is 0. The zero-order valence-electron chi connectivity index (χ0n) is 3.60. The van der Waals surface area contributed by atoms with Crippen LogP contribution < -0.4 is 15.5 Å². The van der Waals surface area contributed by atoms with Crippen LogP contribution in [0.3, 0.4) is 0 Å². The van der Waals surface area contributed by atoms with Crippen LogP contribution in [0.2, 0.25) is 0 Å². The lowest BCUT2D eigenvalue weighted by Gasteiger charge is -2.23. The summed E-state index contributed by atoms with van der Waals surface area (Å²) in [7, 11) is -5.10. The number of primary amides is 1. The number of hydrogen-bond acceptors (Lipinski definition) is 5. The van der Waals surface area contributed by atoms with Crippen LogP contribution in [-0.2, 0) is 4.57 Å². The standard InChI is InChI=1S/CH4NO4P.H2O/c2-1(3)7(4,5)6;/h(H2,2,3)(H2,4,5,6);1H2/p-3. The Bertz CT molecular complexity index is 124. The number of hydrogen-bond donors (Lipinski definition) is 1. The normalized spacial score (nSPS) is 9.75. The van der Waals surface area contributed by atoms with E-state index in [0.717, 1.165) is 0 Å². The van der Waals surface area contributed by atoms with Gasteiger partial charge in [-0.2, -0.15) is 0 Å². The molecule has 0 saturated heterocycles. The average molecular weight is 140 g/mol. The Kier molecular flexibility index (Phi) is 3.67. The summed E-state index contributed by atoms with van der Waals surface area (Å²) in [4.78, 5) is 28.0. The molecular formula is CH3NO5P-3. The minimum Gasteiger partial charge on any atom is -0.870 e. The van der Waals surface area contributed by atoms with Crippen molar-refractivity contribution in [3.63, 3.8) is 0 Å². The molecule has 6 nitrogen and oxygen atoms in total. The van der Waals surface area contributed by atoms with Gasteiger partial charge in [-0.3, -0.25) is 4.79 Å². The highest BCUT2D eigenvalue weighted by atomic mass is 31.2. The fourth-order valence-corrected chi connectivity index (χ4v) is 0. The van der Waals surface area contributed by atoms with Gasteiger partial charge in [0.15, 0.2) is 0 Å². The summed E-state index contributed by atoms with van der Waals surface area (Å²) in [5.74, 6) is 0. The lowest BCUT2D eigenvalue weighted by Crippen LogP contribution is -2.26. The van der Waals surface area contributed by atoms with Crippen molar-refractivity contribution in [2.45, 2.75) is 0 Å². The predicted octanol–water partition coefficient (Wildman–Crippen LogP) is -2.20. The second kappa shape index (κ2) is 2.78. The van der Waals surface area contributed by atoms with Crippen LogP contribution in [0.25, 0.3) is 0 Å². The molecule has 1 amide bonds. The first-order valence-electron chi connectivity index (χ1n) is 1.26. The summed E-state index contributed by atoms with van der Waals surface area (Å²) in [6.07, 6.45) is 0. The van der Waals surface area contributed by atoms with E-state index in [1.807, 2.05) is 0 Å². The molecule has 0 saturated carbocycles. The molecule has 0 spiro atoms. The van der Waals surface area contributed by atoms with Gasteiger partial charge in [-0.05, 0) is 0 Å². The SMILES string of the molecule is NC(=O)P(=O)([O-])[O-].[OH-]. The van der Waals surface area contributed by atoms with E-state index in [-0.39, 0.29) is 5.48 Å². The second-order valence-electron chi connectivity index (χ2n) is 0.836. The maximum Gasteiger partial charge on any atom is 0.246 e. The molecule has 0 radical (unpaired) electrons. The molecule has 0 aliphatic rings. The Morgan fingerprint density at radius 3 is 1.62 bits per heavy atom. The molecule has 0 atom stereocenters. The van der Waals surface area contributed by atoms with Crippen molar-refractivity contribution in [3.8, 4) is 0 Å². The Balaban J connectivity index is 0. The van der Waals surface area contributed by atoms with Gasteiger partial charge in [0.05, 0.1) is 0 Å². The van der Waals surface area contributed by atoms with Gasteiger partial charge in [-0.25, -0.2) is 0 Å². The number of carbonyl (C=O) groups is 1. The van der Waals surface area contributed by atoms with Gasteiger partial charge in [-0.15, -0.1) is 0 Å². The van der Waals surface area contributed by atoms with E-state index < -0.39 is 13.2 Å². The summed E-state index contributed by atoms with van der Waals surface area (Å²) in [6, 6.07) is 0. The van der Waals surface area contributed by atoms with Crippen molar-refractivity contribution in [2.75, 3.05) is 0 Å². The molecule has 0 fully saturated rings. The van der Waals surface area contributed by atoms with Gasteiger partial charge >= 0.3 is 0 Å². The topological polar surface area (TPSA) is 136 Å². The Hall–Kier alpha value is -0.420. The molecule has 8 heavy (non-hydrogen) atoms. The maximum absolute atomic E-state index is 9.35. The van der Waals surface area contributed by atoms with E-state index in [1.165, 1.54) is 0 Å². The minimum atomic E-state index is -5.10. The van der Waals surface area contributed by atoms with Gasteiger partial charge in [0.1, 0.15) is 0 Å². The molecule has 0 aromatic carbocycles. The van der Waals surface area contributed by atoms with Crippen LogP contribution in [0, 0.1) is 0 Å². The summed E-state index contributed by atoms with van der Waals surface area (Å²) in [5, 5.41) is 0. The summed E-state index contributed by atoms with van der Waals surface area (Å²) in [5.41, 5.74) is 2.23. The van der Waals surface area contributed by atoms with Gasteiger partial charge in [0, 0.05) is 7.60 Å². The molecule has 0 aromatic heterocycles. The zero-order chi connectivity index (χ0) is 6.08. The lowest BCUT2D eigenvalue weighted by atomic mass is 11.5. The summed E-state index contributed by atoms with van der Waals surface area (Å²) < 4.78 is 9.33. The highest BCUT2D eigenvalue weighted by Gasteiger charge is 1.94. The van der Waals surface area contributed by atoms with Crippen LogP contribution in [0.4, 0.5) is 4.79 Å². The van der Waals surface area contributed by atoms with Crippen LogP contribution in [-0.4, -0.2) is 11.1 Å². The largest absolute Gasteiger partial charge is 0.870 e. The van der Waals surface area contributed by atoms with Gasteiger partial charge in [0.2, 0.25) is 5.65 Å². The van der Waals surface area contributed by atoms with E-state index >= 15 is 0 Å². The lowest BCUT2D eigenvalue weighted by molar-refractivity contribution is -0.307. The Morgan fingerprint density at radius 2 is 1.62 bits per heavy atom. The Morgan fingerprint density at radius 1 is 1.50 bits per heavy atom. The molecule has 3 N–H and O–H groups in total. The fourth-order valence-electron chi connectivity index (χ4n) is 0. The van der Waals surface area contributed by atoms with Crippen LogP contribution in [0.5, 0.6) is 0 Å². The molecule has 0 aliphatic heterocycles. The van der Waals surface area contributed by atoms with Crippen molar-refractivity contribution < 1.29 is 24.6 Å². The molecular weight excluding hydrogens is 137 g/mol. The average Bonchev–Trinajstić information content (AvgIpc) is 1.31. The van der Waals surface area contributed by atoms with Gasteiger partial charge in [0.25, 0.3) is 0 Å². The van der Waals surface area contributed by atoms with Crippen LogP contribution >= 0.6 is 7.60 Å². The molecule has 0 rings (SSSR count). The van der Waals surface area contributed by atoms with Crippen molar-refractivity contribution in [1.82, 2.24) is 0 Å². The highest BCUT2D eigenvalue weighted by Crippen LogP contribution is 2.20. The molecule has 0 aromatic rings. The van der Waals surface area contributed by atoms with Crippen LogP contribution in [0.15, 0.2) is 0 Å². The highest BCUT2D eigenvalue weighted by molar-refractivity contribution is 7.67. The van der Waals surface area contributed by atoms with Crippen molar-refractivity contribution >= 4 is 13.2 Å². The summed E-state index contributed by atoms with van der Waals surface area (Å²) >= 11 is 0. The van der Waals surface area contributed by atoms with Gasteiger partial charge in [-0.1, -0.05) is 0 Å². The maximum atomic E-state index is 9.35. The van der Waals surface area contributed by atoms with E-state index in [0.29, 0.717) is 0 Å². The molecule has 50 valence electrons. The van der Waals surface area contributed by atoms with Crippen molar-refractivity contribution in [2.24, 2.45) is 5.73 Å². The monoisotopic (exact) mass is 140 g/mol. The third-order valence-electron chi connectivity index (χ3n) is 0.270. The Labute approximate surface area is 44.8 Å². The predicted molar refractivity (Wildman–Crippen MR) is 19.1 cm³/mol. The smallest absolute Gasteiger partial charge is 0.246 e. The van der Waals surface area contributed by atoms with E-state index in [2.05, 4.69) is 5.73 Å². The molecule has 0 aliphatic carbocycles. The number of nitrogens with two attached hydrogens (primary N) is 1. The number of amides is 1. The zero-order valence-corrected chi connectivity index (χ0v) is 4.50. The molecule has 0 unspecified atom stereocenters.